The molecule has 41 heavy (non-hydrogen) atoms. The van der Waals surface area contributed by atoms with Crippen LogP contribution in [0.25, 0.3) is 0 Å². The molecule has 0 bridgehead atoms. The number of carbonyl (C=O) groups excluding carboxylic acids is 3. The largest absolute Gasteiger partial charge is 0.417 e. The fourth-order valence-electron chi connectivity index (χ4n) is 4.56. The first-order valence-electron chi connectivity index (χ1n) is 12.7. The number of amides is 4. The average molecular weight is 570 g/mol. The van der Waals surface area contributed by atoms with Crippen LogP contribution in [0.1, 0.15) is 16.1 Å². The molecule has 0 spiro atoms. The Labute approximate surface area is 232 Å². The Morgan fingerprint density at radius 3 is 2.41 bits per heavy atom. The minimum atomic E-state index is -4.66. The molecule has 2 aliphatic rings. The van der Waals surface area contributed by atoms with Crippen molar-refractivity contribution in [3.63, 3.8) is 0 Å². The van der Waals surface area contributed by atoms with Gasteiger partial charge in [0.05, 0.1) is 42.4 Å². The number of nitrogens with one attached hydrogen (secondary N) is 4. The molecule has 1 unspecified atom stereocenters. The van der Waals surface area contributed by atoms with Gasteiger partial charge in [-0.05, 0) is 30.3 Å². The van der Waals surface area contributed by atoms with Crippen LogP contribution in [0.5, 0.6) is 0 Å². The standard InChI is InChI=1S/C27H26F3N7O4/c28-27(29,30)17-14-22(36-10-12-41-13-11-36)23(31-15-17)25(39)34-35-26(40)33-20-16-37(18-6-2-1-3-7-18)21-9-5-4-8-19(21)32-24(20)38/h1-9,14-15,20H,10-13,16H2,(H,32,38)(H,34,39)(H2,33,35,40). The summed E-state index contributed by atoms with van der Waals surface area (Å²) in [5.74, 6) is -1.41. The number of nitrogens with zero attached hydrogens (tertiary/aromatic N) is 3. The normalized spacial score (nSPS) is 17.1. The van der Waals surface area contributed by atoms with Gasteiger partial charge in [0, 0.05) is 25.0 Å². The maximum atomic E-state index is 13.3. The van der Waals surface area contributed by atoms with E-state index in [0.717, 1.165) is 17.4 Å². The first-order chi connectivity index (χ1) is 19.7. The summed E-state index contributed by atoms with van der Waals surface area (Å²) in [5, 5.41) is 5.34. The summed E-state index contributed by atoms with van der Waals surface area (Å²) in [5.41, 5.74) is 5.06. The second-order valence-electron chi connectivity index (χ2n) is 9.25. The van der Waals surface area contributed by atoms with Gasteiger partial charge in [0.25, 0.3) is 5.91 Å². The SMILES string of the molecule is O=C(NNC(=O)c1ncc(C(F)(F)F)cc1N1CCOCC1)NC1CN(c2ccccc2)c2ccccc2NC1=O. The topological polar surface area (TPSA) is 128 Å². The molecule has 11 nitrogen and oxygen atoms in total. The molecule has 214 valence electrons. The highest BCUT2D eigenvalue weighted by molar-refractivity contribution is 6.03. The lowest BCUT2D eigenvalue weighted by molar-refractivity contribution is -0.137. The minimum absolute atomic E-state index is 0.0396. The number of carbonyl (C=O) groups is 3. The van der Waals surface area contributed by atoms with Crippen LogP contribution in [-0.2, 0) is 15.7 Å². The predicted octanol–water partition coefficient (Wildman–Crippen LogP) is 3.04. The highest BCUT2D eigenvalue weighted by atomic mass is 19.4. The zero-order valence-electron chi connectivity index (χ0n) is 21.6. The Balaban J connectivity index is 1.29. The van der Waals surface area contributed by atoms with Crippen molar-refractivity contribution in [2.24, 2.45) is 0 Å². The summed E-state index contributed by atoms with van der Waals surface area (Å²) in [6.45, 7) is 1.13. The van der Waals surface area contributed by atoms with Crippen molar-refractivity contribution in [2.75, 3.05) is 48.0 Å². The smallest absolute Gasteiger partial charge is 0.378 e. The lowest BCUT2D eigenvalue weighted by Crippen LogP contribution is -2.55. The fraction of sp³-hybridized carbons (Fsp3) is 0.259. The van der Waals surface area contributed by atoms with Crippen molar-refractivity contribution >= 4 is 40.6 Å². The van der Waals surface area contributed by atoms with Crippen LogP contribution in [0, 0.1) is 0 Å². The number of halogens is 3. The first-order valence-corrected chi connectivity index (χ1v) is 12.7. The molecule has 0 radical (unpaired) electrons. The summed E-state index contributed by atoms with van der Waals surface area (Å²) in [4.78, 5) is 45.9. The Bertz CT molecular complexity index is 1430. The van der Waals surface area contributed by atoms with E-state index in [0.29, 0.717) is 11.9 Å². The van der Waals surface area contributed by atoms with Crippen LogP contribution in [0.4, 0.5) is 40.7 Å². The highest BCUT2D eigenvalue weighted by Crippen LogP contribution is 2.34. The molecule has 5 rings (SSSR count). The molecule has 4 N–H and O–H groups in total. The average Bonchev–Trinajstić information content (AvgIpc) is 3.12. The number of anilines is 4. The maximum Gasteiger partial charge on any atom is 0.417 e. The molecule has 1 atom stereocenters. The minimum Gasteiger partial charge on any atom is -0.378 e. The fourth-order valence-corrected chi connectivity index (χ4v) is 4.56. The number of benzene rings is 2. The number of aromatic nitrogens is 1. The van der Waals surface area contributed by atoms with E-state index in [-0.39, 0.29) is 44.2 Å². The van der Waals surface area contributed by atoms with Crippen LogP contribution in [0.2, 0.25) is 0 Å². The molecule has 3 aromatic rings. The van der Waals surface area contributed by atoms with Crippen LogP contribution >= 0.6 is 0 Å². The van der Waals surface area contributed by atoms with E-state index in [1.165, 1.54) is 0 Å². The monoisotopic (exact) mass is 569 g/mol. The Morgan fingerprint density at radius 1 is 0.976 bits per heavy atom. The molecule has 0 saturated carbocycles. The van der Waals surface area contributed by atoms with Gasteiger partial charge in [-0.15, -0.1) is 0 Å². The number of urea groups is 1. The summed E-state index contributed by atoms with van der Waals surface area (Å²) in [7, 11) is 0. The number of pyridine rings is 1. The van der Waals surface area contributed by atoms with Gasteiger partial charge in [0.2, 0.25) is 5.91 Å². The first kappa shape index (κ1) is 27.7. The van der Waals surface area contributed by atoms with Crippen molar-refractivity contribution in [1.82, 2.24) is 21.2 Å². The number of morpholine rings is 1. The van der Waals surface area contributed by atoms with Crippen molar-refractivity contribution < 1.29 is 32.3 Å². The van der Waals surface area contributed by atoms with Crippen molar-refractivity contribution in [3.8, 4) is 0 Å². The van der Waals surface area contributed by atoms with E-state index < -0.39 is 35.6 Å². The van der Waals surface area contributed by atoms with Crippen molar-refractivity contribution in [1.29, 1.82) is 0 Å². The van der Waals surface area contributed by atoms with E-state index >= 15 is 0 Å². The number of fused-ring (bicyclic) bond motifs is 1. The molecule has 1 saturated heterocycles. The van der Waals surface area contributed by atoms with E-state index in [1.807, 2.05) is 47.4 Å². The molecule has 1 aromatic heterocycles. The molecule has 3 heterocycles. The maximum absolute atomic E-state index is 13.3. The lowest BCUT2D eigenvalue weighted by Gasteiger charge is -2.30. The molecule has 14 heteroatoms. The van der Waals surface area contributed by atoms with Gasteiger partial charge in [-0.3, -0.25) is 15.0 Å². The van der Waals surface area contributed by atoms with Gasteiger partial charge in [0.15, 0.2) is 5.69 Å². The molecule has 1 fully saturated rings. The van der Waals surface area contributed by atoms with E-state index in [2.05, 4.69) is 26.5 Å². The Morgan fingerprint density at radius 2 is 1.68 bits per heavy atom. The van der Waals surface area contributed by atoms with E-state index in [4.69, 9.17) is 4.74 Å². The Hall–Kier alpha value is -4.85. The molecule has 4 amide bonds. The molecular weight excluding hydrogens is 543 g/mol. The number of hydrogen-bond acceptors (Lipinski definition) is 7. The number of alkyl halides is 3. The van der Waals surface area contributed by atoms with Gasteiger partial charge in [-0.1, -0.05) is 30.3 Å². The Kier molecular flexibility index (Phi) is 7.92. The molecule has 2 aromatic carbocycles. The second kappa shape index (κ2) is 11.7. The van der Waals surface area contributed by atoms with E-state index in [1.54, 1.807) is 17.0 Å². The third kappa shape index (κ3) is 6.32. The van der Waals surface area contributed by atoms with Crippen LogP contribution in [-0.4, -0.2) is 61.7 Å². The zero-order valence-corrected chi connectivity index (χ0v) is 21.6. The number of hydrogen-bond donors (Lipinski definition) is 4. The molecule has 2 aliphatic heterocycles. The highest BCUT2D eigenvalue weighted by Gasteiger charge is 2.34. The van der Waals surface area contributed by atoms with Crippen LogP contribution in [0.15, 0.2) is 66.9 Å². The number of rotatable bonds is 4. The molecule has 0 aliphatic carbocycles. The van der Waals surface area contributed by atoms with E-state index in [9.17, 15) is 27.6 Å². The van der Waals surface area contributed by atoms with Gasteiger partial charge in [-0.25, -0.2) is 15.2 Å². The van der Waals surface area contributed by atoms with Crippen molar-refractivity contribution in [2.45, 2.75) is 12.2 Å². The number of hydrazine groups is 1. The third-order valence-electron chi connectivity index (χ3n) is 6.56. The predicted molar refractivity (Wildman–Crippen MR) is 144 cm³/mol. The van der Waals surface area contributed by atoms with Gasteiger partial charge in [0.1, 0.15) is 6.04 Å². The van der Waals surface area contributed by atoms with Gasteiger partial charge in [-0.2, -0.15) is 13.2 Å². The quantitative estimate of drug-likeness (QED) is 0.356. The number of para-hydroxylation sites is 3. The summed E-state index contributed by atoms with van der Waals surface area (Å²) in [6, 6.07) is 15.4. The van der Waals surface area contributed by atoms with Crippen LogP contribution in [0.3, 0.4) is 0 Å². The third-order valence-corrected chi connectivity index (χ3v) is 6.56. The lowest BCUT2D eigenvalue weighted by atomic mass is 10.1. The summed E-state index contributed by atoms with van der Waals surface area (Å²) in [6.07, 6.45) is -4.10. The van der Waals surface area contributed by atoms with Crippen molar-refractivity contribution in [3.05, 3.63) is 78.1 Å². The second-order valence-corrected chi connectivity index (χ2v) is 9.25. The molecular formula is C27H26F3N7O4. The summed E-state index contributed by atoms with van der Waals surface area (Å²) >= 11 is 0. The summed E-state index contributed by atoms with van der Waals surface area (Å²) < 4.78 is 45.3. The van der Waals surface area contributed by atoms with Crippen LogP contribution < -0.4 is 31.3 Å². The number of ether oxygens (including phenoxy) is 1. The zero-order chi connectivity index (χ0) is 29.0. The van der Waals surface area contributed by atoms with Gasteiger partial charge >= 0.3 is 12.2 Å². The van der Waals surface area contributed by atoms with Gasteiger partial charge < -0.3 is 25.2 Å².